The third-order valence-electron chi connectivity index (χ3n) is 4.29. The van der Waals surface area contributed by atoms with Gasteiger partial charge in [-0.15, -0.1) is 0 Å². The van der Waals surface area contributed by atoms with Gasteiger partial charge in [0.1, 0.15) is 0 Å². The summed E-state index contributed by atoms with van der Waals surface area (Å²) in [6.45, 7) is 9.33. The molecule has 2 N–H and O–H groups in total. The highest BCUT2D eigenvalue weighted by atomic mass is 16.4. The monoisotopic (exact) mass is 270 g/mol. The lowest BCUT2D eigenvalue weighted by Gasteiger charge is -2.26. The van der Waals surface area contributed by atoms with Crippen LogP contribution in [0.3, 0.4) is 0 Å². The Balaban J connectivity index is 2.44. The highest BCUT2D eigenvalue weighted by Gasteiger charge is 2.45. The summed E-state index contributed by atoms with van der Waals surface area (Å²) in [5, 5.41) is 11.8. The second-order valence-electron chi connectivity index (χ2n) is 5.95. The number of nitrogens with zero attached hydrogens (tertiary/aromatic N) is 1. The molecule has 0 bridgehead atoms. The van der Waals surface area contributed by atoms with Crippen LogP contribution in [0.25, 0.3) is 0 Å². The molecule has 19 heavy (non-hydrogen) atoms. The van der Waals surface area contributed by atoms with Gasteiger partial charge >= 0.3 is 12.0 Å². The van der Waals surface area contributed by atoms with E-state index in [9.17, 15) is 9.59 Å². The summed E-state index contributed by atoms with van der Waals surface area (Å²) in [6, 6.07) is -0.150. The Kier molecular flexibility index (Phi) is 5.20. The van der Waals surface area contributed by atoms with E-state index in [-0.39, 0.29) is 18.0 Å². The third-order valence-corrected chi connectivity index (χ3v) is 4.29. The normalized spacial score (nSPS) is 17.9. The van der Waals surface area contributed by atoms with Crippen LogP contribution in [-0.2, 0) is 4.79 Å². The molecule has 1 rings (SSSR count). The minimum Gasteiger partial charge on any atom is -0.481 e. The fourth-order valence-electron chi connectivity index (χ4n) is 2.25. The van der Waals surface area contributed by atoms with E-state index in [1.807, 2.05) is 6.92 Å². The van der Waals surface area contributed by atoms with E-state index in [2.05, 4.69) is 19.2 Å². The number of urea groups is 1. The second-order valence-corrected chi connectivity index (χ2v) is 5.95. The van der Waals surface area contributed by atoms with E-state index >= 15 is 0 Å². The van der Waals surface area contributed by atoms with E-state index in [1.54, 1.807) is 11.8 Å². The van der Waals surface area contributed by atoms with E-state index in [0.29, 0.717) is 19.0 Å². The first-order chi connectivity index (χ1) is 8.82. The number of aliphatic carboxylic acids is 1. The molecule has 5 heteroatoms. The van der Waals surface area contributed by atoms with Crippen LogP contribution in [-0.4, -0.2) is 41.6 Å². The van der Waals surface area contributed by atoms with Gasteiger partial charge in [-0.05, 0) is 31.1 Å². The number of hydrogen-bond donors (Lipinski definition) is 2. The largest absolute Gasteiger partial charge is 0.481 e. The summed E-state index contributed by atoms with van der Waals surface area (Å²) < 4.78 is 0. The van der Waals surface area contributed by atoms with Gasteiger partial charge in [-0.2, -0.15) is 0 Å². The molecule has 0 saturated heterocycles. The quantitative estimate of drug-likeness (QED) is 0.745. The van der Waals surface area contributed by atoms with Crippen LogP contribution in [0.1, 0.15) is 40.5 Å². The lowest BCUT2D eigenvalue weighted by atomic mass is 9.92. The lowest BCUT2D eigenvalue weighted by Crippen LogP contribution is -2.45. The van der Waals surface area contributed by atoms with Crippen molar-refractivity contribution in [3.8, 4) is 0 Å². The molecule has 0 spiro atoms. The molecule has 0 aliphatic heterocycles. The van der Waals surface area contributed by atoms with Gasteiger partial charge in [0, 0.05) is 19.6 Å². The molecule has 1 aliphatic rings. The lowest BCUT2D eigenvalue weighted by molar-refractivity contribution is -0.141. The molecule has 0 heterocycles. The van der Waals surface area contributed by atoms with Gasteiger partial charge in [0.05, 0.1) is 5.92 Å². The molecule has 2 amide bonds. The molecule has 1 saturated carbocycles. The van der Waals surface area contributed by atoms with E-state index in [0.717, 1.165) is 0 Å². The third kappa shape index (κ3) is 4.11. The minimum absolute atomic E-state index is 0.150. The number of nitrogens with one attached hydrogen (secondary N) is 1. The number of carbonyl (C=O) groups is 2. The highest BCUT2D eigenvalue weighted by Crippen LogP contribution is 2.51. The zero-order valence-electron chi connectivity index (χ0n) is 12.4. The van der Waals surface area contributed by atoms with E-state index < -0.39 is 11.9 Å². The predicted octanol–water partition coefficient (Wildman–Crippen LogP) is 2.17. The van der Waals surface area contributed by atoms with Gasteiger partial charge < -0.3 is 15.3 Å². The molecular formula is C14H26N2O3. The van der Waals surface area contributed by atoms with Crippen LogP contribution in [0.5, 0.6) is 0 Å². The maximum Gasteiger partial charge on any atom is 0.317 e. The Bertz CT molecular complexity index is 338. The van der Waals surface area contributed by atoms with E-state index in [1.165, 1.54) is 12.8 Å². The number of carbonyl (C=O) groups excluding carboxylic acids is 1. The summed E-state index contributed by atoms with van der Waals surface area (Å²) in [7, 11) is 0. The Morgan fingerprint density at radius 1 is 1.32 bits per heavy atom. The van der Waals surface area contributed by atoms with Crippen molar-refractivity contribution in [1.29, 1.82) is 0 Å². The summed E-state index contributed by atoms with van der Waals surface area (Å²) >= 11 is 0. The Labute approximate surface area is 115 Å². The maximum atomic E-state index is 12.1. The van der Waals surface area contributed by atoms with Crippen molar-refractivity contribution in [3.05, 3.63) is 0 Å². The van der Waals surface area contributed by atoms with Crippen LogP contribution >= 0.6 is 0 Å². The molecule has 5 nitrogen and oxygen atoms in total. The van der Waals surface area contributed by atoms with Gasteiger partial charge in [0.2, 0.25) is 0 Å². The smallest absolute Gasteiger partial charge is 0.317 e. The van der Waals surface area contributed by atoms with Crippen molar-refractivity contribution >= 4 is 12.0 Å². The van der Waals surface area contributed by atoms with Gasteiger partial charge in [-0.3, -0.25) is 4.79 Å². The zero-order valence-corrected chi connectivity index (χ0v) is 12.4. The maximum absolute atomic E-state index is 12.1. The van der Waals surface area contributed by atoms with Crippen LogP contribution in [0.2, 0.25) is 0 Å². The first-order valence-electron chi connectivity index (χ1n) is 7.08. The van der Waals surface area contributed by atoms with Gasteiger partial charge in [-0.1, -0.05) is 20.8 Å². The topological polar surface area (TPSA) is 69.6 Å². The number of carboxylic acids is 1. The standard InChI is InChI=1S/C14H26N2O3/c1-5-16(8-11(4)12(17)18)13(19)15-9-14(6-7-14)10(2)3/h10-11H,5-9H2,1-4H3,(H,15,19)(H,17,18). The summed E-state index contributed by atoms with van der Waals surface area (Å²) in [6.07, 6.45) is 2.34. The Morgan fingerprint density at radius 2 is 1.89 bits per heavy atom. The predicted molar refractivity (Wildman–Crippen MR) is 74.0 cm³/mol. The molecule has 1 atom stereocenters. The van der Waals surface area contributed by atoms with Gasteiger partial charge in [0.25, 0.3) is 0 Å². The van der Waals surface area contributed by atoms with E-state index in [4.69, 9.17) is 5.11 Å². The fourth-order valence-corrected chi connectivity index (χ4v) is 2.25. The summed E-state index contributed by atoms with van der Waals surface area (Å²) in [4.78, 5) is 24.4. The average Bonchev–Trinajstić information content (AvgIpc) is 3.13. The first-order valence-corrected chi connectivity index (χ1v) is 7.08. The van der Waals surface area contributed by atoms with Crippen molar-refractivity contribution in [2.24, 2.45) is 17.3 Å². The average molecular weight is 270 g/mol. The number of rotatable bonds is 7. The second kappa shape index (κ2) is 6.26. The van der Waals surface area contributed by atoms with Crippen molar-refractivity contribution in [2.75, 3.05) is 19.6 Å². The molecule has 110 valence electrons. The SMILES string of the molecule is CCN(CC(C)C(=O)O)C(=O)NCC1(C(C)C)CC1. The number of hydrogen-bond acceptors (Lipinski definition) is 2. The van der Waals surface area contributed by atoms with Crippen LogP contribution < -0.4 is 5.32 Å². The molecule has 1 aliphatic carbocycles. The van der Waals surface area contributed by atoms with Crippen molar-refractivity contribution in [1.82, 2.24) is 10.2 Å². The highest BCUT2D eigenvalue weighted by molar-refractivity contribution is 5.76. The Morgan fingerprint density at radius 3 is 2.26 bits per heavy atom. The van der Waals surface area contributed by atoms with Gasteiger partial charge in [0.15, 0.2) is 0 Å². The van der Waals surface area contributed by atoms with Gasteiger partial charge in [-0.25, -0.2) is 4.79 Å². The zero-order chi connectivity index (χ0) is 14.6. The van der Waals surface area contributed by atoms with Crippen LogP contribution in [0.15, 0.2) is 0 Å². The molecule has 1 fully saturated rings. The van der Waals surface area contributed by atoms with Crippen LogP contribution in [0.4, 0.5) is 4.79 Å². The minimum atomic E-state index is -0.868. The fraction of sp³-hybridized carbons (Fsp3) is 0.857. The summed E-state index contributed by atoms with van der Waals surface area (Å²) in [5.41, 5.74) is 0.271. The van der Waals surface area contributed by atoms with Crippen molar-refractivity contribution in [3.63, 3.8) is 0 Å². The summed E-state index contributed by atoms with van der Waals surface area (Å²) in [5.74, 6) is -0.835. The molecule has 0 radical (unpaired) electrons. The Hall–Kier alpha value is -1.26. The molecule has 0 aromatic rings. The van der Waals surface area contributed by atoms with Crippen molar-refractivity contribution < 1.29 is 14.7 Å². The number of amides is 2. The first kappa shape index (κ1) is 15.8. The molecule has 1 unspecified atom stereocenters. The van der Waals surface area contributed by atoms with Crippen molar-refractivity contribution in [2.45, 2.75) is 40.5 Å². The molecule has 0 aromatic heterocycles. The molecule has 0 aromatic carbocycles. The molecular weight excluding hydrogens is 244 g/mol. The van der Waals surface area contributed by atoms with Crippen LogP contribution in [0, 0.1) is 17.3 Å². The number of carboxylic acid groups (broad SMARTS) is 1.